The minimum Gasteiger partial charge on any atom is -0.365 e. The van der Waals surface area contributed by atoms with E-state index in [0.29, 0.717) is 29.7 Å². The van der Waals surface area contributed by atoms with Crippen LogP contribution in [0.5, 0.6) is 0 Å². The molecule has 0 spiro atoms. The van der Waals surface area contributed by atoms with Crippen LogP contribution in [0.4, 0.5) is 33.5 Å². The van der Waals surface area contributed by atoms with E-state index in [1.807, 2.05) is 0 Å². The highest BCUT2D eigenvalue weighted by Crippen LogP contribution is 2.37. The van der Waals surface area contributed by atoms with E-state index < -0.39 is 36.4 Å². The minimum atomic E-state index is -4.51. The van der Waals surface area contributed by atoms with Gasteiger partial charge in [-0.15, -0.1) is 5.10 Å². The molecule has 0 aliphatic carbocycles. The standard InChI is InChI=1S/C25H29F5N6/c1-14-17(6-5-7-20(14)25(28,29)30)22(31)32-23-19-12-16(8-9-18(19)15(2)33-34-23)36-11-10-21(35(3)4)24(26,27)13-36/h5-9,12,21-22H,10-11,13,31H2,1-4H3,(H,32,34)/t21-,22+/m1/s1. The average molecular weight is 509 g/mol. The third-order valence-corrected chi connectivity index (χ3v) is 6.81. The fourth-order valence-corrected chi connectivity index (χ4v) is 4.89. The van der Waals surface area contributed by atoms with E-state index in [9.17, 15) is 22.0 Å². The van der Waals surface area contributed by atoms with Crippen LogP contribution in [0.15, 0.2) is 36.4 Å². The van der Waals surface area contributed by atoms with Gasteiger partial charge in [0.05, 0.1) is 23.8 Å². The van der Waals surface area contributed by atoms with Crippen molar-refractivity contribution in [2.45, 2.75) is 44.6 Å². The summed E-state index contributed by atoms with van der Waals surface area (Å²) in [5.74, 6) is -2.63. The number of piperidine rings is 1. The molecule has 0 saturated carbocycles. The molecule has 3 aromatic rings. The minimum absolute atomic E-state index is 0.0149. The van der Waals surface area contributed by atoms with Crippen LogP contribution in [0.1, 0.15) is 35.0 Å². The molecule has 0 radical (unpaired) electrons. The zero-order chi connectivity index (χ0) is 26.4. The van der Waals surface area contributed by atoms with Gasteiger partial charge in [0.25, 0.3) is 5.92 Å². The van der Waals surface area contributed by atoms with E-state index in [1.165, 1.54) is 19.1 Å². The van der Waals surface area contributed by atoms with Crippen molar-refractivity contribution >= 4 is 22.3 Å². The average Bonchev–Trinajstić information content (AvgIpc) is 2.79. The molecular formula is C25H29F5N6. The Balaban J connectivity index is 1.68. The highest BCUT2D eigenvalue weighted by Gasteiger charge is 2.45. The highest BCUT2D eigenvalue weighted by molar-refractivity contribution is 5.95. The first kappa shape index (κ1) is 26.0. The van der Waals surface area contributed by atoms with Gasteiger partial charge in [-0.2, -0.15) is 18.3 Å². The summed E-state index contributed by atoms with van der Waals surface area (Å²) >= 11 is 0. The number of benzene rings is 2. The van der Waals surface area contributed by atoms with Crippen LogP contribution in [0.3, 0.4) is 0 Å². The molecule has 2 heterocycles. The fourth-order valence-electron chi connectivity index (χ4n) is 4.89. The third kappa shape index (κ3) is 4.94. The van der Waals surface area contributed by atoms with Crippen LogP contribution in [0, 0.1) is 13.8 Å². The van der Waals surface area contributed by atoms with Gasteiger partial charge in [0, 0.05) is 23.0 Å². The fraction of sp³-hybridized carbons (Fsp3) is 0.440. The number of hydrogen-bond donors (Lipinski definition) is 2. The number of anilines is 2. The van der Waals surface area contributed by atoms with E-state index in [1.54, 1.807) is 49.0 Å². The molecule has 4 rings (SSSR count). The largest absolute Gasteiger partial charge is 0.416 e. The van der Waals surface area contributed by atoms with Crippen molar-refractivity contribution < 1.29 is 22.0 Å². The Morgan fingerprint density at radius 3 is 2.47 bits per heavy atom. The molecule has 0 amide bonds. The molecular weight excluding hydrogens is 479 g/mol. The lowest BCUT2D eigenvalue weighted by atomic mass is 9.98. The predicted octanol–water partition coefficient (Wildman–Crippen LogP) is 5.11. The van der Waals surface area contributed by atoms with Crippen molar-refractivity contribution in [1.82, 2.24) is 15.1 Å². The molecule has 36 heavy (non-hydrogen) atoms. The molecule has 1 aromatic heterocycles. The van der Waals surface area contributed by atoms with Crippen molar-refractivity contribution in [2.75, 3.05) is 37.4 Å². The Morgan fingerprint density at radius 2 is 1.83 bits per heavy atom. The number of halogens is 5. The maximum absolute atomic E-state index is 14.8. The number of hydrogen-bond acceptors (Lipinski definition) is 6. The summed E-state index contributed by atoms with van der Waals surface area (Å²) in [5.41, 5.74) is 7.01. The number of nitrogens with two attached hydrogens (primary N) is 1. The van der Waals surface area contributed by atoms with Crippen molar-refractivity contribution in [3.05, 3.63) is 58.8 Å². The molecule has 1 fully saturated rings. The van der Waals surface area contributed by atoms with Gasteiger partial charge < -0.3 is 20.9 Å². The number of aromatic nitrogens is 2. The lowest BCUT2D eigenvalue weighted by Crippen LogP contribution is -2.56. The summed E-state index contributed by atoms with van der Waals surface area (Å²) in [5, 5.41) is 12.6. The molecule has 6 nitrogen and oxygen atoms in total. The number of fused-ring (bicyclic) bond motifs is 1. The monoisotopic (exact) mass is 508 g/mol. The van der Waals surface area contributed by atoms with Gasteiger partial charge in [-0.3, -0.25) is 0 Å². The summed E-state index contributed by atoms with van der Waals surface area (Å²) in [6.45, 7) is 3.17. The number of nitrogens with zero attached hydrogens (tertiary/aromatic N) is 4. The summed E-state index contributed by atoms with van der Waals surface area (Å²) in [6.07, 6.45) is -5.21. The van der Waals surface area contributed by atoms with Gasteiger partial charge in [0.15, 0.2) is 5.82 Å². The summed E-state index contributed by atoms with van der Waals surface area (Å²) in [6, 6.07) is 8.30. The molecule has 0 bridgehead atoms. The molecule has 2 aromatic carbocycles. The Kier molecular flexibility index (Phi) is 6.82. The van der Waals surface area contributed by atoms with Gasteiger partial charge in [0.1, 0.15) is 6.17 Å². The first-order valence-electron chi connectivity index (χ1n) is 11.5. The predicted molar refractivity (Wildman–Crippen MR) is 130 cm³/mol. The molecule has 3 N–H and O–H groups in total. The Labute approximate surface area is 206 Å². The van der Waals surface area contributed by atoms with Gasteiger partial charge in [-0.05, 0) is 63.7 Å². The number of nitrogens with one attached hydrogen (secondary N) is 1. The molecule has 194 valence electrons. The summed E-state index contributed by atoms with van der Waals surface area (Å²) in [7, 11) is 3.30. The number of alkyl halides is 5. The quantitative estimate of drug-likeness (QED) is 0.369. The van der Waals surface area contributed by atoms with Gasteiger partial charge in [0.2, 0.25) is 0 Å². The van der Waals surface area contributed by atoms with Crippen LogP contribution < -0.4 is 16.0 Å². The zero-order valence-electron chi connectivity index (χ0n) is 20.5. The van der Waals surface area contributed by atoms with Gasteiger partial charge >= 0.3 is 6.18 Å². The molecule has 1 saturated heterocycles. The number of aryl methyl sites for hydroxylation is 1. The maximum Gasteiger partial charge on any atom is 0.416 e. The first-order chi connectivity index (χ1) is 16.8. The SMILES string of the molecule is Cc1c([C@@H](N)Nc2nnc(C)c3ccc(N4CC[C@@H](N(C)C)C(F)(F)C4)cc23)cccc1C(F)(F)F. The Hall–Kier alpha value is -3.05. The highest BCUT2D eigenvalue weighted by atomic mass is 19.4. The summed E-state index contributed by atoms with van der Waals surface area (Å²) in [4.78, 5) is 3.19. The van der Waals surface area contributed by atoms with Crippen molar-refractivity contribution in [3.8, 4) is 0 Å². The number of rotatable bonds is 5. The van der Waals surface area contributed by atoms with Crippen molar-refractivity contribution in [3.63, 3.8) is 0 Å². The molecule has 2 atom stereocenters. The van der Waals surface area contributed by atoms with E-state index in [2.05, 4.69) is 15.5 Å². The second-order valence-electron chi connectivity index (χ2n) is 9.45. The lowest BCUT2D eigenvalue weighted by Gasteiger charge is -2.42. The van der Waals surface area contributed by atoms with Crippen LogP contribution in [-0.2, 0) is 6.18 Å². The van der Waals surface area contributed by atoms with Crippen LogP contribution in [0.2, 0.25) is 0 Å². The second-order valence-corrected chi connectivity index (χ2v) is 9.45. The zero-order valence-corrected chi connectivity index (χ0v) is 20.5. The van der Waals surface area contributed by atoms with E-state index in [-0.39, 0.29) is 16.9 Å². The summed E-state index contributed by atoms with van der Waals surface area (Å²) < 4.78 is 69.7. The molecule has 11 heteroatoms. The van der Waals surface area contributed by atoms with Crippen LogP contribution >= 0.6 is 0 Å². The van der Waals surface area contributed by atoms with E-state index in [4.69, 9.17) is 5.73 Å². The maximum atomic E-state index is 14.8. The topological polar surface area (TPSA) is 70.3 Å². The molecule has 0 unspecified atom stereocenters. The first-order valence-corrected chi connectivity index (χ1v) is 11.5. The second kappa shape index (κ2) is 9.44. The van der Waals surface area contributed by atoms with Gasteiger partial charge in [-0.25, -0.2) is 8.78 Å². The molecule has 1 aliphatic heterocycles. The van der Waals surface area contributed by atoms with Crippen LogP contribution in [0.25, 0.3) is 10.8 Å². The Bertz CT molecular complexity index is 1260. The van der Waals surface area contributed by atoms with E-state index in [0.717, 1.165) is 11.5 Å². The van der Waals surface area contributed by atoms with Crippen molar-refractivity contribution in [1.29, 1.82) is 0 Å². The normalized spacial score (nSPS) is 19.1. The van der Waals surface area contributed by atoms with Crippen LogP contribution in [-0.4, -0.2) is 54.2 Å². The van der Waals surface area contributed by atoms with E-state index >= 15 is 0 Å². The Morgan fingerprint density at radius 1 is 1.11 bits per heavy atom. The molecule has 1 aliphatic rings. The van der Waals surface area contributed by atoms with Gasteiger partial charge in [-0.1, -0.05) is 18.2 Å². The lowest BCUT2D eigenvalue weighted by molar-refractivity contribution is -0.138. The van der Waals surface area contributed by atoms with Crippen molar-refractivity contribution in [2.24, 2.45) is 5.73 Å². The smallest absolute Gasteiger partial charge is 0.365 e. The third-order valence-electron chi connectivity index (χ3n) is 6.81.